The minimum absolute atomic E-state index is 0.607. The lowest BCUT2D eigenvalue weighted by Crippen LogP contribution is -2.60. The Kier molecular flexibility index (Phi) is 6.57. The Labute approximate surface area is 167 Å². The van der Waals surface area contributed by atoms with Crippen LogP contribution in [0.25, 0.3) is 0 Å². The molecule has 7 nitrogen and oxygen atoms in total. The standard InChI is InChI=1S/C21H33N3O4/c1-19(2,3)27-17(25)23-24(18(26)28-20(4,5)6)21(12-8-7-9-13-21)16-11-10-14-22-15-16/h10-11,14-15H,7-9,12-13H2,1-6H3,(H,23,25). The highest BCUT2D eigenvalue weighted by Gasteiger charge is 2.46. The number of pyridine rings is 1. The van der Waals surface area contributed by atoms with E-state index in [9.17, 15) is 9.59 Å². The molecule has 7 heteroatoms. The Morgan fingerprint density at radius 2 is 1.64 bits per heavy atom. The molecule has 2 amide bonds. The van der Waals surface area contributed by atoms with Crippen molar-refractivity contribution in [2.24, 2.45) is 0 Å². The Morgan fingerprint density at radius 3 is 2.14 bits per heavy atom. The van der Waals surface area contributed by atoms with Crippen LogP contribution < -0.4 is 5.43 Å². The number of nitrogens with one attached hydrogen (secondary N) is 1. The lowest BCUT2D eigenvalue weighted by Gasteiger charge is -2.46. The molecule has 0 atom stereocenters. The number of rotatable bonds is 2. The normalized spacial score (nSPS) is 16.8. The molecule has 0 aromatic carbocycles. The molecule has 1 aromatic rings. The lowest BCUT2D eigenvalue weighted by molar-refractivity contribution is -0.0441. The van der Waals surface area contributed by atoms with Crippen LogP contribution in [0.15, 0.2) is 24.5 Å². The molecular weight excluding hydrogens is 358 g/mol. The average molecular weight is 392 g/mol. The van der Waals surface area contributed by atoms with Crippen LogP contribution in [0.4, 0.5) is 9.59 Å². The molecule has 1 saturated carbocycles. The van der Waals surface area contributed by atoms with Gasteiger partial charge in [0.05, 0.1) is 5.54 Å². The van der Waals surface area contributed by atoms with E-state index in [1.54, 1.807) is 53.9 Å². The summed E-state index contributed by atoms with van der Waals surface area (Å²) in [6, 6.07) is 3.78. The van der Waals surface area contributed by atoms with Gasteiger partial charge in [-0.25, -0.2) is 20.0 Å². The van der Waals surface area contributed by atoms with Gasteiger partial charge in [0.25, 0.3) is 0 Å². The van der Waals surface area contributed by atoms with Crippen molar-refractivity contribution < 1.29 is 19.1 Å². The summed E-state index contributed by atoms with van der Waals surface area (Å²) in [6.07, 6.45) is 6.50. The van der Waals surface area contributed by atoms with Crippen molar-refractivity contribution in [3.8, 4) is 0 Å². The fourth-order valence-electron chi connectivity index (χ4n) is 3.44. The van der Waals surface area contributed by atoms with E-state index in [4.69, 9.17) is 9.47 Å². The van der Waals surface area contributed by atoms with Crippen LogP contribution in [0.1, 0.15) is 79.2 Å². The minimum Gasteiger partial charge on any atom is -0.443 e. The first kappa shape index (κ1) is 22.0. The quantitative estimate of drug-likeness (QED) is 0.724. The van der Waals surface area contributed by atoms with Gasteiger partial charge in [0.15, 0.2) is 0 Å². The van der Waals surface area contributed by atoms with Crippen molar-refractivity contribution >= 4 is 12.2 Å². The number of nitrogens with zero attached hydrogens (tertiary/aromatic N) is 2. The summed E-state index contributed by atoms with van der Waals surface area (Å²) >= 11 is 0. The van der Waals surface area contributed by atoms with E-state index in [0.717, 1.165) is 24.8 Å². The predicted octanol–water partition coefficient (Wildman–Crippen LogP) is 4.92. The van der Waals surface area contributed by atoms with Crippen molar-refractivity contribution in [3.05, 3.63) is 30.1 Å². The summed E-state index contributed by atoms with van der Waals surface area (Å²) in [6.45, 7) is 10.7. The highest BCUT2D eigenvalue weighted by molar-refractivity contribution is 5.75. The lowest BCUT2D eigenvalue weighted by atomic mass is 9.76. The Morgan fingerprint density at radius 1 is 1.04 bits per heavy atom. The fourth-order valence-corrected chi connectivity index (χ4v) is 3.44. The van der Waals surface area contributed by atoms with Crippen molar-refractivity contribution in [3.63, 3.8) is 0 Å². The minimum atomic E-state index is -0.730. The van der Waals surface area contributed by atoms with Gasteiger partial charge in [-0.15, -0.1) is 0 Å². The van der Waals surface area contributed by atoms with Crippen LogP contribution in [0, 0.1) is 0 Å². The monoisotopic (exact) mass is 391 g/mol. The molecule has 1 N–H and O–H groups in total. The molecule has 156 valence electrons. The van der Waals surface area contributed by atoms with Crippen LogP contribution in [-0.2, 0) is 15.0 Å². The van der Waals surface area contributed by atoms with Gasteiger partial charge in [-0.1, -0.05) is 25.3 Å². The maximum atomic E-state index is 13.2. The first-order chi connectivity index (χ1) is 12.9. The van der Waals surface area contributed by atoms with Gasteiger partial charge in [0.2, 0.25) is 0 Å². The van der Waals surface area contributed by atoms with Crippen LogP contribution in [0.3, 0.4) is 0 Å². The number of hydrogen-bond acceptors (Lipinski definition) is 5. The molecule has 0 radical (unpaired) electrons. The van der Waals surface area contributed by atoms with Gasteiger partial charge < -0.3 is 9.47 Å². The molecule has 28 heavy (non-hydrogen) atoms. The molecule has 1 aliphatic rings. The number of carbonyl (C=O) groups is 2. The van der Waals surface area contributed by atoms with E-state index in [2.05, 4.69) is 10.4 Å². The van der Waals surface area contributed by atoms with Crippen molar-refractivity contribution in [1.29, 1.82) is 0 Å². The number of hydrazine groups is 1. The van der Waals surface area contributed by atoms with Crippen LogP contribution in [-0.4, -0.2) is 33.4 Å². The van der Waals surface area contributed by atoms with Crippen molar-refractivity contribution in [1.82, 2.24) is 15.4 Å². The third-order valence-corrected chi connectivity index (χ3v) is 4.49. The van der Waals surface area contributed by atoms with Crippen LogP contribution >= 0.6 is 0 Å². The van der Waals surface area contributed by atoms with E-state index in [0.29, 0.717) is 12.8 Å². The van der Waals surface area contributed by atoms with Crippen LogP contribution in [0.2, 0.25) is 0 Å². The van der Waals surface area contributed by atoms with Gasteiger partial charge in [-0.2, -0.15) is 0 Å². The summed E-state index contributed by atoms with van der Waals surface area (Å²) in [5.41, 5.74) is 1.43. The zero-order valence-electron chi connectivity index (χ0n) is 17.9. The third-order valence-electron chi connectivity index (χ3n) is 4.49. The van der Waals surface area contributed by atoms with Crippen molar-refractivity contribution in [2.45, 2.75) is 90.4 Å². The summed E-state index contributed by atoms with van der Waals surface area (Å²) in [7, 11) is 0. The van der Waals surface area contributed by atoms with Gasteiger partial charge in [-0.05, 0) is 66.0 Å². The maximum absolute atomic E-state index is 13.2. The Bertz CT molecular complexity index is 671. The Hall–Kier alpha value is -2.31. The molecule has 1 fully saturated rings. The Balaban J connectivity index is 2.44. The van der Waals surface area contributed by atoms with E-state index >= 15 is 0 Å². The smallest absolute Gasteiger partial charge is 0.430 e. The molecule has 0 aliphatic heterocycles. The number of aromatic nitrogens is 1. The molecule has 1 aliphatic carbocycles. The van der Waals surface area contributed by atoms with Crippen LogP contribution in [0.5, 0.6) is 0 Å². The topological polar surface area (TPSA) is 80.8 Å². The van der Waals surface area contributed by atoms with Crippen molar-refractivity contribution in [2.75, 3.05) is 0 Å². The molecule has 1 aromatic heterocycles. The SMILES string of the molecule is CC(C)(C)OC(=O)NN(C(=O)OC(C)(C)C)C1(c2cccnc2)CCCCC1. The van der Waals surface area contributed by atoms with E-state index in [1.807, 2.05) is 12.1 Å². The summed E-state index contributed by atoms with van der Waals surface area (Å²) in [4.78, 5) is 29.9. The molecule has 1 heterocycles. The molecule has 0 saturated heterocycles. The van der Waals surface area contributed by atoms with Gasteiger partial charge in [0, 0.05) is 12.4 Å². The number of hydrogen-bond donors (Lipinski definition) is 1. The first-order valence-electron chi connectivity index (χ1n) is 9.86. The van der Waals surface area contributed by atoms with Gasteiger partial charge in [-0.3, -0.25) is 4.98 Å². The first-order valence-corrected chi connectivity index (χ1v) is 9.86. The summed E-state index contributed by atoms with van der Waals surface area (Å²) in [5.74, 6) is 0. The third kappa shape index (κ3) is 5.84. The number of amides is 2. The predicted molar refractivity (Wildman–Crippen MR) is 106 cm³/mol. The second-order valence-electron chi connectivity index (χ2n) is 9.26. The average Bonchev–Trinajstić information content (AvgIpc) is 2.58. The molecule has 2 rings (SSSR count). The van der Waals surface area contributed by atoms with E-state index in [1.165, 1.54) is 5.01 Å². The zero-order chi connectivity index (χ0) is 21.0. The largest absolute Gasteiger partial charge is 0.443 e. The molecular formula is C21H33N3O4. The maximum Gasteiger partial charge on any atom is 0.430 e. The second kappa shape index (κ2) is 8.37. The zero-order valence-corrected chi connectivity index (χ0v) is 17.9. The molecule has 0 bridgehead atoms. The number of ether oxygens (including phenoxy) is 2. The fraction of sp³-hybridized carbons (Fsp3) is 0.667. The number of carbonyl (C=O) groups excluding carboxylic acids is 2. The summed E-state index contributed by atoms with van der Waals surface area (Å²) in [5, 5.41) is 1.32. The summed E-state index contributed by atoms with van der Waals surface area (Å²) < 4.78 is 11.0. The van der Waals surface area contributed by atoms with Gasteiger partial charge >= 0.3 is 12.2 Å². The highest BCUT2D eigenvalue weighted by Crippen LogP contribution is 2.42. The molecule has 0 unspecified atom stereocenters. The molecule has 0 spiro atoms. The second-order valence-corrected chi connectivity index (χ2v) is 9.26. The van der Waals surface area contributed by atoms with E-state index in [-0.39, 0.29) is 0 Å². The van der Waals surface area contributed by atoms with E-state index < -0.39 is 28.9 Å². The van der Waals surface area contributed by atoms with Gasteiger partial charge in [0.1, 0.15) is 11.2 Å². The highest BCUT2D eigenvalue weighted by atomic mass is 16.6.